The Labute approximate surface area is 168 Å². The van der Waals surface area contributed by atoms with Crippen molar-refractivity contribution < 1.29 is 14.3 Å². The summed E-state index contributed by atoms with van der Waals surface area (Å²) in [5, 5.41) is 4.29. The van der Waals surface area contributed by atoms with Crippen LogP contribution in [-0.2, 0) is 4.74 Å². The Kier molecular flexibility index (Phi) is 7.92. The fourth-order valence-electron chi connectivity index (χ4n) is 3.33. The van der Waals surface area contributed by atoms with Crippen LogP contribution < -0.4 is 10.1 Å². The topological polar surface area (TPSA) is 49.6 Å². The molecule has 0 N–H and O–H groups in total. The summed E-state index contributed by atoms with van der Waals surface area (Å²) in [5.74, 6) is 0.657. The molecular weight excluding hydrogens is 350 g/mol. The van der Waals surface area contributed by atoms with Gasteiger partial charge in [0.25, 0.3) is 0 Å². The first-order valence-electron chi connectivity index (χ1n) is 10.4. The summed E-state index contributed by atoms with van der Waals surface area (Å²) in [6.07, 6.45) is 6.49. The number of hydrogen-bond acceptors (Lipinski definition) is 3. The minimum atomic E-state index is -0.245. The smallest absolute Gasteiger partial charge is 0.338 e. The molecule has 1 fully saturated rings. The molecule has 3 rings (SSSR count). The lowest BCUT2D eigenvalue weighted by molar-refractivity contribution is 0.0227. The van der Waals surface area contributed by atoms with Gasteiger partial charge in [0.05, 0.1) is 12.2 Å². The molecule has 0 spiro atoms. The number of carbonyl (C=O) groups is 1. The first-order chi connectivity index (χ1) is 13.8. The molecule has 1 saturated heterocycles. The van der Waals surface area contributed by atoms with Gasteiger partial charge < -0.3 is 9.47 Å². The van der Waals surface area contributed by atoms with Gasteiger partial charge in [-0.05, 0) is 54.7 Å². The van der Waals surface area contributed by atoms with Gasteiger partial charge in [-0.3, -0.25) is 0 Å². The Morgan fingerprint density at radius 3 is 2.21 bits per heavy atom. The monoisotopic (exact) mass is 380 g/mol. The van der Waals surface area contributed by atoms with E-state index < -0.39 is 0 Å². The van der Waals surface area contributed by atoms with Gasteiger partial charge in [-0.15, -0.1) is 0 Å². The Bertz CT molecular complexity index is 719. The van der Waals surface area contributed by atoms with Gasteiger partial charge >= 0.3 is 5.97 Å². The maximum Gasteiger partial charge on any atom is 0.338 e. The predicted octanol–water partition coefficient (Wildman–Crippen LogP) is 5.24. The summed E-state index contributed by atoms with van der Waals surface area (Å²) >= 11 is 0. The number of carbonyl (C=O) groups excluding carboxylic acids is 1. The third-order valence-corrected chi connectivity index (χ3v) is 5.07. The molecule has 0 aromatic heterocycles. The lowest BCUT2D eigenvalue weighted by Gasteiger charge is -2.21. The number of unbranched alkanes of at least 4 members (excludes halogenated alkanes) is 3. The molecule has 4 nitrogen and oxygen atoms in total. The lowest BCUT2D eigenvalue weighted by Crippen LogP contribution is -2.30. The van der Waals surface area contributed by atoms with Gasteiger partial charge in [0.2, 0.25) is 0 Å². The van der Waals surface area contributed by atoms with Crippen molar-refractivity contribution in [1.29, 1.82) is 0 Å². The van der Waals surface area contributed by atoms with E-state index in [2.05, 4.69) is 24.4 Å². The van der Waals surface area contributed by atoms with Crippen molar-refractivity contribution >= 4 is 5.97 Å². The summed E-state index contributed by atoms with van der Waals surface area (Å²) in [7, 11) is 0. The van der Waals surface area contributed by atoms with E-state index in [1.54, 1.807) is 0 Å². The standard InChI is InChI=1S/C24H30NO3/c1-2-3-4-5-18-27-22-12-10-20(11-13-22)19-6-8-21(9-7-19)24(26)28-23-14-16-25-17-15-23/h6-13,23H,2-5,14-18H2,1H3. The van der Waals surface area contributed by atoms with Crippen molar-refractivity contribution in [2.24, 2.45) is 0 Å². The van der Waals surface area contributed by atoms with Crippen molar-refractivity contribution in [3.05, 3.63) is 54.1 Å². The molecule has 149 valence electrons. The van der Waals surface area contributed by atoms with Crippen LogP contribution in [0.4, 0.5) is 0 Å². The lowest BCUT2D eigenvalue weighted by atomic mass is 10.0. The summed E-state index contributed by atoms with van der Waals surface area (Å²) in [6, 6.07) is 15.7. The average molecular weight is 381 g/mol. The van der Waals surface area contributed by atoms with Crippen molar-refractivity contribution in [2.45, 2.75) is 51.6 Å². The first-order valence-corrected chi connectivity index (χ1v) is 10.4. The van der Waals surface area contributed by atoms with E-state index >= 15 is 0 Å². The molecule has 1 aliphatic heterocycles. The zero-order valence-corrected chi connectivity index (χ0v) is 16.7. The summed E-state index contributed by atoms with van der Waals surface area (Å²) in [5.41, 5.74) is 2.77. The molecule has 0 aliphatic carbocycles. The summed E-state index contributed by atoms with van der Waals surface area (Å²) in [6.45, 7) is 4.55. The number of nitrogens with zero attached hydrogens (tertiary/aromatic N) is 1. The molecule has 0 amide bonds. The maximum atomic E-state index is 12.3. The first kappa shape index (κ1) is 20.4. The Morgan fingerprint density at radius 1 is 0.929 bits per heavy atom. The van der Waals surface area contributed by atoms with Crippen LogP contribution in [0.15, 0.2) is 48.5 Å². The van der Waals surface area contributed by atoms with E-state index in [0.717, 1.165) is 55.8 Å². The third-order valence-electron chi connectivity index (χ3n) is 5.07. The van der Waals surface area contributed by atoms with E-state index in [0.29, 0.717) is 5.56 Å². The number of hydrogen-bond donors (Lipinski definition) is 0. The van der Waals surface area contributed by atoms with Gasteiger partial charge in [-0.1, -0.05) is 50.5 Å². The minimum Gasteiger partial charge on any atom is -0.494 e. The highest BCUT2D eigenvalue weighted by Crippen LogP contribution is 2.23. The molecule has 0 bridgehead atoms. The number of esters is 1. The van der Waals surface area contributed by atoms with E-state index in [1.165, 1.54) is 19.3 Å². The second-order valence-electron chi connectivity index (χ2n) is 7.29. The Morgan fingerprint density at radius 2 is 1.57 bits per heavy atom. The van der Waals surface area contributed by atoms with Crippen LogP contribution in [0.2, 0.25) is 0 Å². The highest BCUT2D eigenvalue weighted by Gasteiger charge is 2.19. The van der Waals surface area contributed by atoms with Crippen LogP contribution >= 0.6 is 0 Å². The molecule has 1 radical (unpaired) electrons. The van der Waals surface area contributed by atoms with Gasteiger partial charge in [-0.2, -0.15) is 0 Å². The average Bonchev–Trinajstić information content (AvgIpc) is 2.75. The molecular formula is C24H30NO3. The zero-order valence-electron chi connectivity index (χ0n) is 16.7. The van der Waals surface area contributed by atoms with Crippen LogP contribution in [0.25, 0.3) is 11.1 Å². The summed E-state index contributed by atoms with van der Waals surface area (Å²) in [4.78, 5) is 12.3. The molecule has 1 aliphatic rings. The molecule has 1 heterocycles. The van der Waals surface area contributed by atoms with Gasteiger partial charge in [0.1, 0.15) is 11.9 Å². The van der Waals surface area contributed by atoms with E-state index in [1.807, 2.05) is 36.4 Å². The molecule has 2 aromatic carbocycles. The molecule has 0 atom stereocenters. The zero-order chi connectivity index (χ0) is 19.6. The molecule has 4 heteroatoms. The van der Waals surface area contributed by atoms with Crippen LogP contribution in [0.1, 0.15) is 55.8 Å². The van der Waals surface area contributed by atoms with E-state index in [9.17, 15) is 4.79 Å². The fraction of sp³-hybridized carbons (Fsp3) is 0.458. The van der Waals surface area contributed by atoms with Crippen molar-refractivity contribution in [3.8, 4) is 16.9 Å². The van der Waals surface area contributed by atoms with Crippen LogP contribution in [0.3, 0.4) is 0 Å². The Balaban J connectivity index is 1.52. The summed E-state index contributed by atoms with van der Waals surface area (Å²) < 4.78 is 11.4. The normalized spacial score (nSPS) is 14.6. The van der Waals surface area contributed by atoms with Crippen molar-refractivity contribution in [1.82, 2.24) is 5.32 Å². The van der Waals surface area contributed by atoms with Crippen molar-refractivity contribution in [3.63, 3.8) is 0 Å². The van der Waals surface area contributed by atoms with Crippen LogP contribution in [-0.4, -0.2) is 31.8 Å². The largest absolute Gasteiger partial charge is 0.494 e. The number of benzene rings is 2. The molecule has 0 unspecified atom stereocenters. The Hall–Kier alpha value is -2.33. The van der Waals surface area contributed by atoms with E-state index in [4.69, 9.17) is 9.47 Å². The number of rotatable bonds is 9. The number of piperidine rings is 1. The molecule has 28 heavy (non-hydrogen) atoms. The second kappa shape index (κ2) is 10.9. The highest BCUT2D eigenvalue weighted by molar-refractivity contribution is 5.90. The minimum absolute atomic E-state index is 0.000747. The van der Waals surface area contributed by atoms with E-state index in [-0.39, 0.29) is 12.1 Å². The second-order valence-corrected chi connectivity index (χ2v) is 7.29. The highest BCUT2D eigenvalue weighted by atomic mass is 16.5. The van der Waals surface area contributed by atoms with Gasteiger partial charge in [-0.25, -0.2) is 10.1 Å². The van der Waals surface area contributed by atoms with Crippen molar-refractivity contribution in [2.75, 3.05) is 19.7 Å². The van der Waals surface area contributed by atoms with Crippen LogP contribution in [0.5, 0.6) is 5.75 Å². The predicted molar refractivity (Wildman–Crippen MR) is 112 cm³/mol. The SMILES string of the molecule is CCCCCCOc1ccc(-c2ccc(C(=O)OC3CC[N]CC3)cc2)cc1. The third kappa shape index (κ3) is 6.10. The quantitative estimate of drug-likeness (QED) is 0.442. The fourth-order valence-corrected chi connectivity index (χ4v) is 3.33. The maximum absolute atomic E-state index is 12.3. The number of ether oxygens (including phenoxy) is 2. The van der Waals surface area contributed by atoms with Gasteiger partial charge in [0.15, 0.2) is 0 Å². The van der Waals surface area contributed by atoms with Crippen LogP contribution in [0, 0.1) is 0 Å². The molecule has 0 saturated carbocycles. The van der Waals surface area contributed by atoms with Gasteiger partial charge in [0, 0.05) is 13.1 Å². The molecule has 2 aromatic rings.